The van der Waals surface area contributed by atoms with Gasteiger partial charge in [0.05, 0.1) is 12.9 Å². The summed E-state index contributed by atoms with van der Waals surface area (Å²) >= 11 is 5.81. The Hall–Kier alpha value is -1.48. The Morgan fingerprint density at radius 1 is 1.43 bits per heavy atom. The van der Waals surface area contributed by atoms with Gasteiger partial charge in [-0.05, 0) is 23.9 Å². The number of anilines is 1. The van der Waals surface area contributed by atoms with Crippen LogP contribution < -0.4 is 5.73 Å². The molecule has 21 heavy (non-hydrogen) atoms. The van der Waals surface area contributed by atoms with Gasteiger partial charge in [-0.3, -0.25) is 4.57 Å². The van der Waals surface area contributed by atoms with Crippen LogP contribution in [0.5, 0.6) is 0 Å². The van der Waals surface area contributed by atoms with E-state index in [2.05, 4.69) is 15.0 Å². The fraction of sp³-hybridized carbons (Fsp3) is 0.583. The van der Waals surface area contributed by atoms with Crippen LogP contribution in [0, 0.1) is 11.3 Å². The van der Waals surface area contributed by atoms with Crippen LogP contribution in [0.15, 0.2) is 6.33 Å². The molecule has 0 amide bonds. The van der Waals surface area contributed by atoms with Crippen LogP contribution in [0.4, 0.5) is 5.82 Å². The molecule has 9 heteroatoms. The first-order chi connectivity index (χ1) is 9.92. The average Bonchev–Trinajstić information content (AvgIpc) is 2.86. The monoisotopic (exact) mass is 311 g/mol. The van der Waals surface area contributed by atoms with E-state index in [0.29, 0.717) is 18.4 Å². The van der Waals surface area contributed by atoms with Crippen LogP contribution in [-0.4, -0.2) is 47.5 Å². The van der Waals surface area contributed by atoms with Crippen molar-refractivity contribution in [2.24, 2.45) is 11.3 Å². The zero-order valence-corrected chi connectivity index (χ0v) is 11.7. The Balaban J connectivity index is 1.88. The van der Waals surface area contributed by atoms with Crippen molar-refractivity contribution in [1.29, 1.82) is 0 Å². The van der Waals surface area contributed by atoms with Gasteiger partial charge < -0.3 is 21.1 Å². The van der Waals surface area contributed by atoms with E-state index in [1.165, 1.54) is 10.9 Å². The minimum atomic E-state index is -1.58. The van der Waals surface area contributed by atoms with Crippen molar-refractivity contribution in [3.8, 4) is 0 Å². The number of halogens is 1. The maximum absolute atomic E-state index is 10.9. The summed E-state index contributed by atoms with van der Waals surface area (Å²) in [4.78, 5) is 12.0. The molecule has 2 aromatic heterocycles. The Morgan fingerprint density at radius 2 is 2.19 bits per heavy atom. The quantitative estimate of drug-likeness (QED) is 0.548. The van der Waals surface area contributed by atoms with E-state index in [-0.39, 0.29) is 29.3 Å². The van der Waals surface area contributed by atoms with Crippen molar-refractivity contribution >= 4 is 28.6 Å². The molecule has 2 heterocycles. The normalized spacial score (nSPS) is 37.9. The van der Waals surface area contributed by atoms with Gasteiger partial charge in [-0.2, -0.15) is 9.97 Å². The molecule has 0 aromatic carbocycles. The second-order valence-corrected chi connectivity index (χ2v) is 6.28. The smallest absolute Gasteiger partial charge is 0.226 e. The molecule has 0 spiro atoms. The van der Waals surface area contributed by atoms with E-state index in [1.54, 1.807) is 0 Å². The maximum atomic E-state index is 10.9. The molecule has 8 nitrogen and oxygen atoms in total. The summed E-state index contributed by atoms with van der Waals surface area (Å²) in [6, 6.07) is 0. The van der Waals surface area contributed by atoms with Gasteiger partial charge in [0.15, 0.2) is 17.2 Å². The molecular weight excluding hydrogens is 298 g/mol. The molecular formula is C12H14ClN5O3. The van der Waals surface area contributed by atoms with E-state index in [1.807, 2.05) is 0 Å². The van der Waals surface area contributed by atoms with Crippen molar-refractivity contribution < 1.29 is 15.3 Å². The third kappa shape index (κ3) is 1.48. The minimum absolute atomic E-state index is 0.0557. The average molecular weight is 312 g/mol. The lowest BCUT2D eigenvalue weighted by Crippen LogP contribution is -2.46. The van der Waals surface area contributed by atoms with Crippen LogP contribution in [0.1, 0.15) is 12.8 Å². The number of nitrogen functional groups attached to an aromatic ring is 1. The summed E-state index contributed by atoms with van der Waals surface area (Å²) in [5, 5.41) is 30.9. The number of aliphatic hydroxyl groups is 3. The first-order valence-electron chi connectivity index (χ1n) is 6.60. The van der Waals surface area contributed by atoms with Gasteiger partial charge in [-0.15, -0.1) is 0 Å². The number of nitrogens with zero attached hydrogens (tertiary/aromatic N) is 4. The largest absolute Gasteiger partial charge is 0.396 e. The van der Waals surface area contributed by atoms with Crippen molar-refractivity contribution in [2.45, 2.75) is 24.7 Å². The number of aromatic nitrogens is 4. The van der Waals surface area contributed by atoms with Crippen molar-refractivity contribution in [3.63, 3.8) is 0 Å². The molecule has 2 aliphatic carbocycles. The highest BCUT2D eigenvalue weighted by Crippen LogP contribution is 2.67. The van der Waals surface area contributed by atoms with Crippen LogP contribution in [0.2, 0.25) is 5.28 Å². The van der Waals surface area contributed by atoms with Crippen LogP contribution in [0.3, 0.4) is 0 Å². The summed E-state index contributed by atoms with van der Waals surface area (Å²) in [6.45, 7) is -0.161. The molecule has 0 radical (unpaired) electrons. The van der Waals surface area contributed by atoms with E-state index in [0.717, 1.165) is 0 Å². The number of hydrogen-bond donors (Lipinski definition) is 4. The third-order valence-corrected chi connectivity index (χ3v) is 5.09. The zero-order chi connectivity index (χ0) is 15.0. The molecule has 2 aliphatic rings. The van der Waals surface area contributed by atoms with E-state index in [9.17, 15) is 15.3 Å². The van der Waals surface area contributed by atoms with Gasteiger partial charge in [0.25, 0.3) is 0 Å². The molecule has 2 aromatic rings. The zero-order valence-electron chi connectivity index (χ0n) is 10.9. The molecule has 0 unspecified atom stereocenters. The van der Waals surface area contributed by atoms with Crippen molar-refractivity contribution in [3.05, 3.63) is 11.6 Å². The Bertz CT molecular complexity index is 748. The first-order valence-corrected chi connectivity index (χ1v) is 6.98. The fourth-order valence-electron chi connectivity index (χ4n) is 3.63. The lowest BCUT2D eigenvalue weighted by molar-refractivity contribution is -0.145. The number of rotatable bonds is 2. The van der Waals surface area contributed by atoms with E-state index < -0.39 is 17.2 Å². The molecule has 5 N–H and O–H groups in total. The molecule has 112 valence electrons. The second-order valence-electron chi connectivity index (χ2n) is 5.94. The Morgan fingerprint density at radius 3 is 2.86 bits per heavy atom. The number of fused-ring (bicyclic) bond motifs is 2. The SMILES string of the molecule is Nc1nc(Cl)nc2c1ncn2[C@@]1(O)C[C@H]2C[C@@]2(CO)[C@H]1O. The topological polar surface area (TPSA) is 130 Å². The Labute approximate surface area is 124 Å². The maximum Gasteiger partial charge on any atom is 0.226 e. The number of nitrogens with two attached hydrogens (primary N) is 1. The fourth-order valence-corrected chi connectivity index (χ4v) is 3.80. The molecule has 2 fully saturated rings. The predicted octanol–water partition coefficient (Wildman–Crippen LogP) is -0.530. The van der Waals surface area contributed by atoms with E-state index >= 15 is 0 Å². The summed E-state index contributed by atoms with van der Waals surface area (Å²) in [5.74, 6) is 0.191. The van der Waals surface area contributed by atoms with Crippen LogP contribution in [0.25, 0.3) is 11.2 Å². The van der Waals surface area contributed by atoms with Crippen LogP contribution in [-0.2, 0) is 5.72 Å². The van der Waals surface area contributed by atoms with Gasteiger partial charge in [0.1, 0.15) is 11.6 Å². The highest BCUT2D eigenvalue weighted by Gasteiger charge is 2.72. The molecule has 0 saturated heterocycles. The Kier molecular flexibility index (Phi) is 2.41. The third-order valence-electron chi connectivity index (χ3n) is 4.92. The molecule has 2 saturated carbocycles. The van der Waals surface area contributed by atoms with Crippen molar-refractivity contribution in [1.82, 2.24) is 19.5 Å². The lowest BCUT2D eigenvalue weighted by Gasteiger charge is -2.33. The summed E-state index contributed by atoms with van der Waals surface area (Å²) < 4.78 is 1.38. The van der Waals surface area contributed by atoms with E-state index in [4.69, 9.17) is 17.3 Å². The summed E-state index contributed by atoms with van der Waals surface area (Å²) in [7, 11) is 0. The molecule has 4 rings (SSSR count). The lowest BCUT2D eigenvalue weighted by atomic mass is 9.96. The summed E-state index contributed by atoms with van der Waals surface area (Å²) in [6.07, 6.45) is 1.29. The highest BCUT2D eigenvalue weighted by molar-refractivity contribution is 6.28. The molecule has 0 bridgehead atoms. The number of imidazole rings is 1. The number of hydrogen-bond acceptors (Lipinski definition) is 7. The summed E-state index contributed by atoms with van der Waals surface area (Å²) in [5.41, 5.74) is 4.11. The molecule has 4 atom stereocenters. The van der Waals surface area contributed by atoms with Crippen molar-refractivity contribution in [2.75, 3.05) is 12.3 Å². The van der Waals surface area contributed by atoms with Gasteiger partial charge in [-0.25, -0.2) is 4.98 Å². The minimum Gasteiger partial charge on any atom is -0.396 e. The van der Waals surface area contributed by atoms with Gasteiger partial charge in [0, 0.05) is 11.8 Å². The van der Waals surface area contributed by atoms with Gasteiger partial charge in [0.2, 0.25) is 5.28 Å². The van der Waals surface area contributed by atoms with Gasteiger partial charge in [-0.1, -0.05) is 0 Å². The second kappa shape index (κ2) is 3.83. The molecule has 0 aliphatic heterocycles. The first kappa shape index (κ1) is 13.2. The van der Waals surface area contributed by atoms with Gasteiger partial charge >= 0.3 is 0 Å². The standard InChI is InChI=1S/C12H14ClN5O3/c13-10-16-7(14)6-8(17-10)18(4-15-6)12(21)2-5-1-11(5,3-19)9(12)20/h4-5,9,19-21H,1-3H2,(H2,14,16,17)/t5-,9-,11+,12-/m1/s1. The highest BCUT2D eigenvalue weighted by atomic mass is 35.5. The van der Waals surface area contributed by atoms with Crippen LogP contribution >= 0.6 is 11.6 Å². The number of aliphatic hydroxyl groups excluding tert-OH is 2. The predicted molar refractivity (Wildman–Crippen MR) is 73.2 cm³/mol.